The third-order valence-electron chi connectivity index (χ3n) is 2.59. The minimum Gasteiger partial charge on any atom is -0.338 e. The van der Waals surface area contributed by atoms with Gasteiger partial charge in [0, 0.05) is 16.3 Å². The fourth-order valence-corrected chi connectivity index (χ4v) is 2.93. The van der Waals surface area contributed by atoms with Crippen LogP contribution in [-0.4, -0.2) is 18.8 Å². The molecule has 1 heterocycles. The lowest BCUT2D eigenvalue weighted by atomic mass is 10.3. The molecule has 0 aliphatic carbocycles. The van der Waals surface area contributed by atoms with Gasteiger partial charge in [0.2, 0.25) is 0 Å². The lowest BCUT2D eigenvalue weighted by Gasteiger charge is -2.10. The van der Waals surface area contributed by atoms with Crippen molar-refractivity contribution < 1.29 is 4.79 Å². The predicted molar refractivity (Wildman–Crippen MR) is 83.3 cm³/mol. The molecule has 1 aromatic carbocycles. The maximum absolute atomic E-state index is 11.8. The highest BCUT2D eigenvalue weighted by molar-refractivity contribution is 7.98. The first kappa shape index (κ1) is 14.0. The Morgan fingerprint density at radius 1 is 1.26 bits per heavy atom. The molecule has 100 valence electrons. The zero-order valence-electron chi connectivity index (χ0n) is 10.7. The molecule has 0 saturated carbocycles. The van der Waals surface area contributed by atoms with E-state index in [1.54, 1.807) is 23.1 Å². The summed E-state index contributed by atoms with van der Waals surface area (Å²) in [5.74, 6) is 0. The van der Waals surface area contributed by atoms with Gasteiger partial charge in [0.25, 0.3) is 0 Å². The highest BCUT2D eigenvalue weighted by Gasteiger charge is 2.05. The molecule has 0 unspecified atom stereocenters. The van der Waals surface area contributed by atoms with Gasteiger partial charge in [0.15, 0.2) is 0 Å². The monoisotopic (exact) mass is 292 g/mol. The molecule has 0 atom stereocenters. The number of anilines is 1. The summed E-state index contributed by atoms with van der Waals surface area (Å²) in [4.78, 5) is 14.1. The Bertz CT molecular complexity index is 526. The van der Waals surface area contributed by atoms with Crippen LogP contribution in [0, 0.1) is 0 Å². The lowest BCUT2D eigenvalue weighted by Crippen LogP contribution is -2.30. The number of urea groups is 1. The van der Waals surface area contributed by atoms with E-state index in [9.17, 15) is 4.79 Å². The third kappa shape index (κ3) is 4.29. The molecule has 3 nitrogen and oxygen atoms in total. The Morgan fingerprint density at radius 3 is 2.84 bits per heavy atom. The quantitative estimate of drug-likeness (QED) is 0.822. The standard InChI is InChI=1S/C14H16N2OS2/c1-18-13-7-3-2-6-12(13)16-14(17)15-9-8-11-5-4-10-19-11/h2-7,10H,8-9H2,1H3,(H2,15,16,17). The van der Waals surface area contributed by atoms with Gasteiger partial charge < -0.3 is 10.6 Å². The summed E-state index contributed by atoms with van der Waals surface area (Å²) >= 11 is 3.33. The second-order valence-electron chi connectivity index (χ2n) is 3.91. The van der Waals surface area contributed by atoms with Gasteiger partial charge in [0.05, 0.1) is 5.69 Å². The highest BCUT2D eigenvalue weighted by atomic mass is 32.2. The average Bonchev–Trinajstić information content (AvgIpc) is 2.92. The molecule has 5 heteroatoms. The van der Waals surface area contributed by atoms with E-state index in [-0.39, 0.29) is 6.03 Å². The third-order valence-corrected chi connectivity index (χ3v) is 4.32. The van der Waals surface area contributed by atoms with E-state index in [0.717, 1.165) is 17.0 Å². The Hall–Kier alpha value is -1.46. The minimum atomic E-state index is -0.155. The van der Waals surface area contributed by atoms with Crippen LogP contribution in [0.1, 0.15) is 4.88 Å². The second kappa shape index (κ2) is 7.21. The van der Waals surface area contributed by atoms with Crippen molar-refractivity contribution in [2.75, 3.05) is 18.1 Å². The van der Waals surface area contributed by atoms with Crippen LogP contribution < -0.4 is 10.6 Å². The van der Waals surface area contributed by atoms with E-state index >= 15 is 0 Å². The largest absolute Gasteiger partial charge is 0.338 e. The molecular weight excluding hydrogens is 276 g/mol. The van der Waals surface area contributed by atoms with Crippen molar-refractivity contribution in [3.8, 4) is 0 Å². The van der Waals surface area contributed by atoms with Crippen LogP contribution in [0.25, 0.3) is 0 Å². The molecule has 2 aromatic rings. The Morgan fingerprint density at radius 2 is 2.11 bits per heavy atom. The smallest absolute Gasteiger partial charge is 0.319 e. The Labute approximate surface area is 121 Å². The minimum absolute atomic E-state index is 0.155. The number of benzene rings is 1. The van der Waals surface area contributed by atoms with Crippen molar-refractivity contribution in [3.05, 3.63) is 46.7 Å². The molecular formula is C14H16N2OS2. The van der Waals surface area contributed by atoms with Gasteiger partial charge in [-0.2, -0.15) is 0 Å². The fraction of sp³-hybridized carbons (Fsp3) is 0.214. The number of amides is 2. The summed E-state index contributed by atoms with van der Waals surface area (Å²) in [7, 11) is 0. The zero-order chi connectivity index (χ0) is 13.5. The number of hydrogen-bond donors (Lipinski definition) is 2. The summed E-state index contributed by atoms with van der Waals surface area (Å²) in [6.45, 7) is 0.647. The molecule has 0 radical (unpaired) electrons. The number of thiophene rings is 1. The molecule has 0 saturated heterocycles. The number of para-hydroxylation sites is 1. The van der Waals surface area contributed by atoms with Crippen molar-refractivity contribution in [2.24, 2.45) is 0 Å². The van der Waals surface area contributed by atoms with Crippen molar-refractivity contribution in [1.29, 1.82) is 0 Å². The first-order chi connectivity index (χ1) is 9.29. The lowest BCUT2D eigenvalue weighted by molar-refractivity contribution is 0.252. The van der Waals surface area contributed by atoms with E-state index < -0.39 is 0 Å². The predicted octanol–water partition coefficient (Wildman–Crippen LogP) is 3.83. The molecule has 2 N–H and O–H groups in total. The van der Waals surface area contributed by atoms with Crippen LogP contribution in [0.2, 0.25) is 0 Å². The molecule has 1 aromatic heterocycles. The van der Waals surface area contributed by atoms with Gasteiger partial charge in [-0.1, -0.05) is 18.2 Å². The van der Waals surface area contributed by atoms with Crippen molar-refractivity contribution in [2.45, 2.75) is 11.3 Å². The summed E-state index contributed by atoms with van der Waals surface area (Å²) < 4.78 is 0. The summed E-state index contributed by atoms with van der Waals surface area (Å²) in [6, 6.07) is 11.7. The topological polar surface area (TPSA) is 41.1 Å². The van der Waals surface area contributed by atoms with Gasteiger partial charge in [-0.3, -0.25) is 0 Å². The van der Waals surface area contributed by atoms with Crippen LogP contribution in [0.5, 0.6) is 0 Å². The molecule has 0 aliphatic heterocycles. The van der Waals surface area contributed by atoms with E-state index in [4.69, 9.17) is 0 Å². The SMILES string of the molecule is CSc1ccccc1NC(=O)NCCc1cccs1. The average molecular weight is 292 g/mol. The van der Waals surface area contributed by atoms with Crippen molar-refractivity contribution in [3.63, 3.8) is 0 Å². The molecule has 0 aliphatic rings. The molecule has 19 heavy (non-hydrogen) atoms. The normalized spacial score (nSPS) is 10.2. The van der Waals surface area contributed by atoms with Gasteiger partial charge in [-0.05, 0) is 36.3 Å². The van der Waals surface area contributed by atoms with Gasteiger partial charge >= 0.3 is 6.03 Å². The van der Waals surface area contributed by atoms with Gasteiger partial charge in [-0.25, -0.2) is 4.79 Å². The number of hydrogen-bond acceptors (Lipinski definition) is 3. The highest BCUT2D eigenvalue weighted by Crippen LogP contribution is 2.24. The molecule has 2 rings (SSSR count). The summed E-state index contributed by atoms with van der Waals surface area (Å²) in [5, 5.41) is 7.79. The first-order valence-corrected chi connectivity index (χ1v) is 8.10. The summed E-state index contributed by atoms with van der Waals surface area (Å²) in [5.41, 5.74) is 0.851. The maximum Gasteiger partial charge on any atom is 0.319 e. The number of nitrogens with one attached hydrogen (secondary N) is 2. The Kier molecular flexibility index (Phi) is 5.30. The van der Waals surface area contributed by atoms with Crippen LogP contribution in [-0.2, 0) is 6.42 Å². The molecule has 2 amide bonds. The number of thioether (sulfide) groups is 1. The van der Waals surface area contributed by atoms with E-state index in [1.165, 1.54) is 4.88 Å². The van der Waals surface area contributed by atoms with Crippen LogP contribution in [0.15, 0.2) is 46.7 Å². The van der Waals surface area contributed by atoms with Crippen LogP contribution in [0.4, 0.5) is 10.5 Å². The maximum atomic E-state index is 11.8. The van der Waals surface area contributed by atoms with Crippen molar-refractivity contribution >= 4 is 34.8 Å². The Balaban J connectivity index is 1.80. The second-order valence-corrected chi connectivity index (χ2v) is 5.79. The van der Waals surface area contributed by atoms with E-state index in [0.29, 0.717) is 6.54 Å². The molecule has 0 spiro atoms. The zero-order valence-corrected chi connectivity index (χ0v) is 12.3. The number of carbonyl (C=O) groups is 1. The number of carbonyl (C=O) groups excluding carboxylic acids is 1. The first-order valence-electron chi connectivity index (χ1n) is 6.00. The van der Waals surface area contributed by atoms with E-state index in [1.807, 2.05) is 42.0 Å². The number of rotatable bonds is 5. The van der Waals surface area contributed by atoms with Crippen molar-refractivity contribution in [1.82, 2.24) is 5.32 Å². The van der Waals surface area contributed by atoms with E-state index in [2.05, 4.69) is 16.7 Å². The molecule has 0 fully saturated rings. The van der Waals surface area contributed by atoms with Crippen LogP contribution >= 0.6 is 23.1 Å². The summed E-state index contributed by atoms with van der Waals surface area (Å²) in [6.07, 6.45) is 2.87. The van der Waals surface area contributed by atoms with Gasteiger partial charge in [-0.15, -0.1) is 23.1 Å². The van der Waals surface area contributed by atoms with Gasteiger partial charge in [0.1, 0.15) is 0 Å². The molecule has 0 bridgehead atoms. The fourth-order valence-electron chi connectivity index (χ4n) is 1.67. The van der Waals surface area contributed by atoms with Crippen LogP contribution in [0.3, 0.4) is 0 Å².